The van der Waals surface area contributed by atoms with E-state index in [2.05, 4.69) is 9.88 Å². The van der Waals surface area contributed by atoms with Crippen LogP contribution in [0.1, 0.15) is 6.23 Å². The average molecular weight is 366 g/mol. The number of hydrogen-bond acceptors (Lipinski definition) is 7. The Kier molecular flexibility index (Phi) is 4.57. The maximum absolute atomic E-state index is 14.8. The molecule has 0 saturated carbocycles. The highest BCUT2D eigenvalue weighted by atomic mass is 19.1. The largest absolute Gasteiger partial charge is 0.394 e. The van der Waals surface area contributed by atoms with Crippen LogP contribution in [0, 0.1) is 5.82 Å². The second-order valence-electron chi connectivity index (χ2n) is 6.96. The summed E-state index contributed by atoms with van der Waals surface area (Å²) in [4.78, 5) is 8.51. The van der Waals surface area contributed by atoms with Crippen LogP contribution in [0.15, 0.2) is 18.5 Å². The molecule has 4 rings (SSSR count). The van der Waals surface area contributed by atoms with Crippen molar-refractivity contribution in [2.75, 3.05) is 44.7 Å². The molecule has 0 bridgehead atoms. The van der Waals surface area contributed by atoms with Gasteiger partial charge >= 0.3 is 0 Å². The Hall–Kier alpha value is -1.78. The summed E-state index contributed by atoms with van der Waals surface area (Å²) in [5.74, 6) is -0.365. The maximum Gasteiger partial charge on any atom is 0.164 e. The van der Waals surface area contributed by atoms with Crippen molar-refractivity contribution < 1.29 is 24.4 Å². The molecule has 3 N–H and O–H groups in total. The summed E-state index contributed by atoms with van der Waals surface area (Å²) < 4.78 is 21.8. The quantitative estimate of drug-likeness (QED) is 0.677. The topological polar surface area (TPSA) is 94.2 Å². The highest BCUT2D eigenvalue weighted by Crippen LogP contribution is 2.33. The summed E-state index contributed by atoms with van der Waals surface area (Å²) in [5.41, 5.74) is 1.56. The van der Waals surface area contributed by atoms with Crippen LogP contribution in [-0.4, -0.2) is 87.9 Å². The van der Waals surface area contributed by atoms with Crippen molar-refractivity contribution >= 4 is 16.7 Å². The van der Waals surface area contributed by atoms with Crippen molar-refractivity contribution in [2.24, 2.45) is 0 Å². The number of aromatic nitrogens is 2. The van der Waals surface area contributed by atoms with E-state index in [0.717, 1.165) is 26.2 Å². The average Bonchev–Trinajstić information content (AvgIpc) is 3.16. The van der Waals surface area contributed by atoms with E-state index in [9.17, 15) is 19.7 Å². The first-order valence-corrected chi connectivity index (χ1v) is 8.71. The van der Waals surface area contributed by atoms with Crippen molar-refractivity contribution in [3.63, 3.8) is 0 Å². The summed E-state index contributed by atoms with van der Waals surface area (Å²) >= 11 is 0. The van der Waals surface area contributed by atoms with E-state index in [1.54, 1.807) is 6.07 Å². The number of nitrogens with zero attached hydrogens (tertiary/aromatic N) is 4. The van der Waals surface area contributed by atoms with Crippen LogP contribution >= 0.6 is 0 Å². The number of likely N-dealkylation sites (N-methyl/N-ethyl adjacent to an activating group) is 1. The molecule has 2 aromatic rings. The Labute approximate surface area is 150 Å². The molecule has 2 saturated heterocycles. The molecule has 0 spiro atoms. The van der Waals surface area contributed by atoms with E-state index in [1.165, 1.54) is 17.0 Å². The lowest BCUT2D eigenvalue weighted by Gasteiger charge is -2.34. The fraction of sp³-hybridized carbons (Fsp3) is 0.588. The molecule has 0 aliphatic carbocycles. The maximum atomic E-state index is 14.8. The van der Waals surface area contributed by atoms with Crippen LogP contribution < -0.4 is 4.90 Å². The third kappa shape index (κ3) is 2.85. The molecular formula is C17H23FN4O4. The van der Waals surface area contributed by atoms with E-state index in [4.69, 9.17) is 4.74 Å². The number of aliphatic hydroxyl groups is 3. The van der Waals surface area contributed by atoms with Gasteiger partial charge in [-0.25, -0.2) is 9.37 Å². The van der Waals surface area contributed by atoms with Crippen LogP contribution in [0.4, 0.5) is 10.1 Å². The summed E-state index contributed by atoms with van der Waals surface area (Å²) in [6.07, 6.45) is -2.80. The Morgan fingerprint density at radius 3 is 2.58 bits per heavy atom. The van der Waals surface area contributed by atoms with E-state index in [0.29, 0.717) is 16.7 Å². The number of anilines is 1. The van der Waals surface area contributed by atoms with Crippen molar-refractivity contribution in [3.8, 4) is 0 Å². The lowest BCUT2D eigenvalue weighted by atomic mass is 10.1. The van der Waals surface area contributed by atoms with Gasteiger partial charge in [0.05, 0.1) is 29.7 Å². The Morgan fingerprint density at radius 1 is 1.19 bits per heavy atom. The third-order valence-corrected chi connectivity index (χ3v) is 5.28. The first kappa shape index (κ1) is 17.6. The number of aliphatic hydroxyl groups excluding tert-OH is 3. The number of imidazole rings is 1. The molecule has 4 atom stereocenters. The van der Waals surface area contributed by atoms with Gasteiger partial charge in [-0.1, -0.05) is 0 Å². The van der Waals surface area contributed by atoms with Crippen LogP contribution in [0.5, 0.6) is 0 Å². The van der Waals surface area contributed by atoms with E-state index in [-0.39, 0.29) is 5.82 Å². The number of piperazine rings is 1. The minimum Gasteiger partial charge on any atom is -0.394 e. The van der Waals surface area contributed by atoms with Gasteiger partial charge in [0.1, 0.15) is 24.1 Å². The van der Waals surface area contributed by atoms with Gasteiger partial charge in [-0.3, -0.25) is 0 Å². The van der Waals surface area contributed by atoms with Gasteiger partial charge in [0.15, 0.2) is 6.23 Å². The highest BCUT2D eigenvalue weighted by molar-refractivity contribution is 5.80. The number of rotatable bonds is 3. The monoisotopic (exact) mass is 366 g/mol. The summed E-state index contributed by atoms with van der Waals surface area (Å²) in [5, 5.41) is 29.4. The number of hydrogen-bond donors (Lipinski definition) is 3. The van der Waals surface area contributed by atoms with Crippen LogP contribution in [0.25, 0.3) is 11.0 Å². The summed E-state index contributed by atoms with van der Waals surface area (Å²) in [6.45, 7) is 2.81. The van der Waals surface area contributed by atoms with Gasteiger partial charge in [0.2, 0.25) is 0 Å². The Bertz CT molecular complexity index is 792. The zero-order valence-corrected chi connectivity index (χ0v) is 14.5. The predicted molar refractivity (Wildman–Crippen MR) is 92.4 cm³/mol. The highest BCUT2D eigenvalue weighted by Gasteiger charge is 2.43. The molecule has 142 valence electrons. The van der Waals surface area contributed by atoms with E-state index < -0.39 is 31.1 Å². The van der Waals surface area contributed by atoms with Gasteiger partial charge in [0.25, 0.3) is 0 Å². The van der Waals surface area contributed by atoms with Crippen molar-refractivity contribution in [3.05, 3.63) is 24.3 Å². The number of fused-ring (bicyclic) bond motifs is 1. The van der Waals surface area contributed by atoms with Crippen LogP contribution in [0.2, 0.25) is 0 Å². The van der Waals surface area contributed by atoms with Crippen molar-refractivity contribution in [2.45, 2.75) is 24.5 Å². The van der Waals surface area contributed by atoms with Gasteiger partial charge in [0, 0.05) is 32.2 Å². The molecule has 2 aliphatic heterocycles. The predicted octanol–water partition coefficient (Wildman–Crippen LogP) is -0.461. The first-order chi connectivity index (χ1) is 12.5. The minimum absolute atomic E-state index is 0.365. The zero-order chi connectivity index (χ0) is 18.4. The molecule has 0 radical (unpaired) electrons. The lowest BCUT2D eigenvalue weighted by Crippen LogP contribution is -2.44. The standard InChI is InChI=1S/C17H23FN4O4/c1-20-2-4-21(5-3-20)12-7-11-13(6-10(12)18)22(9-19-11)17-16(25)15(24)14(8-23)26-17/h6-7,9,14-17,23-25H,2-5,8H2,1H3/t14-,15-,16-,17-/m1/s1. The molecule has 8 nitrogen and oxygen atoms in total. The normalized spacial score (nSPS) is 30.4. The molecule has 9 heteroatoms. The first-order valence-electron chi connectivity index (χ1n) is 8.71. The SMILES string of the molecule is CN1CCN(c2cc3ncn([C@@H]4O[C@H](CO)[C@@H](O)[C@H]4O)c3cc2F)CC1. The third-order valence-electron chi connectivity index (χ3n) is 5.28. The molecule has 2 aliphatic rings. The van der Waals surface area contributed by atoms with Gasteiger partial charge in [-0.15, -0.1) is 0 Å². The summed E-state index contributed by atoms with van der Waals surface area (Å²) in [7, 11) is 2.04. The molecular weight excluding hydrogens is 343 g/mol. The Balaban J connectivity index is 1.66. The summed E-state index contributed by atoms with van der Waals surface area (Å²) in [6, 6.07) is 3.08. The van der Waals surface area contributed by atoms with Crippen LogP contribution in [0.3, 0.4) is 0 Å². The second kappa shape index (κ2) is 6.75. The van der Waals surface area contributed by atoms with Crippen molar-refractivity contribution in [1.82, 2.24) is 14.5 Å². The minimum atomic E-state index is -1.23. The van der Waals surface area contributed by atoms with Gasteiger partial charge < -0.3 is 34.4 Å². The van der Waals surface area contributed by atoms with E-state index in [1.807, 2.05) is 11.9 Å². The lowest BCUT2D eigenvalue weighted by molar-refractivity contribution is -0.0508. The smallest absolute Gasteiger partial charge is 0.164 e. The molecule has 0 unspecified atom stereocenters. The van der Waals surface area contributed by atoms with E-state index >= 15 is 0 Å². The molecule has 3 heterocycles. The fourth-order valence-corrected chi connectivity index (χ4v) is 3.64. The molecule has 1 aromatic carbocycles. The molecule has 0 amide bonds. The van der Waals surface area contributed by atoms with Crippen LogP contribution in [-0.2, 0) is 4.74 Å². The number of benzene rings is 1. The molecule has 2 fully saturated rings. The zero-order valence-electron chi connectivity index (χ0n) is 14.5. The van der Waals surface area contributed by atoms with Gasteiger partial charge in [-0.05, 0) is 13.1 Å². The molecule has 26 heavy (non-hydrogen) atoms. The van der Waals surface area contributed by atoms with Crippen molar-refractivity contribution in [1.29, 1.82) is 0 Å². The fourth-order valence-electron chi connectivity index (χ4n) is 3.64. The molecule has 1 aromatic heterocycles. The number of ether oxygens (including phenoxy) is 1. The Morgan fingerprint density at radius 2 is 1.92 bits per heavy atom. The second-order valence-corrected chi connectivity index (χ2v) is 6.96. The number of halogens is 1. The van der Waals surface area contributed by atoms with Gasteiger partial charge in [-0.2, -0.15) is 0 Å².